The van der Waals surface area contributed by atoms with Crippen molar-refractivity contribution < 1.29 is 9.66 Å². The van der Waals surface area contributed by atoms with Crippen molar-refractivity contribution in [3.8, 4) is 5.75 Å². The van der Waals surface area contributed by atoms with Crippen LogP contribution in [-0.4, -0.2) is 26.9 Å². The number of aryl methyl sites for hydroxylation is 1. The van der Waals surface area contributed by atoms with E-state index in [0.717, 1.165) is 17.3 Å². The van der Waals surface area contributed by atoms with E-state index in [2.05, 4.69) is 26.0 Å². The molecule has 0 aliphatic heterocycles. The molecule has 0 saturated carbocycles. The molecule has 2 aromatic carbocycles. The van der Waals surface area contributed by atoms with Crippen molar-refractivity contribution in [2.45, 2.75) is 52.6 Å². The minimum absolute atomic E-state index is 0.0575. The Labute approximate surface area is 204 Å². The van der Waals surface area contributed by atoms with Gasteiger partial charge >= 0.3 is 5.69 Å². The predicted molar refractivity (Wildman–Crippen MR) is 134 cm³/mol. The summed E-state index contributed by atoms with van der Waals surface area (Å²) in [5.74, 6) is 0.566. The summed E-state index contributed by atoms with van der Waals surface area (Å²) in [5, 5.41) is 16.6. The molecule has 0 aliphatic carbocycles. The second-order valence-corrected chi connectivity index (χ2v) is 8.94. The van der Waals surface area contributed by atoms with E-state index in [1.807, 2.05) is 26.8 Å². The van der Waals surface area contributed by atoms with E-state index in [0.29, 0.717) is 35.1 Å². The third-order valence-corrected chi connectivity index (χ3v) is 5.81. The molecule has 0 amide bonds. The van der Waals surface area contributed by atoms with Crippen LogP contribution in [0.4, 0.5) is 5.69 Å². The fraction of sp³-hybridized carbons (Fsp3) is 0.348. The standard InChI is InChI=1S/C23H24BrClN4O4/c1-4-6-7-21-27-19-9-8-16(24)11-18(19)23(30)28(21)26-13-15-10-17(25)12-20(29(31)32)22(15)33-14(3)5-2/h8-14H,4-7H2,1-3H3/t14-/m1/s1. The Bertz CT molecular complexity index is 1280. The van der Waals surface area contributed by atoms with Crippen LogP contribution in [-0.2, 0) is 6.42 Å². The van der Waals surface area contributed by atoms with Crippen LogP contribution in [0.15, 0.2) is 44.7 Å². The topological polar surface area (TPSA) is 99.6 Å². The highest BCUT2D eigenvalue weighted by molar-refractivity contribution is 9.10. The quantitative estimate of drug-likeness (QED) is 0.187. The van der Waals surface area contributed by atoms with Gasteiger partial charge in [-0.05, 0) is 44.0 Å². The van der Waals surface area contributed by atoms with E-state index in [-0.39, 0.29) is 28.1 Å². The van der Waals surface area contributed by atoms with Crippen molar-refractivity contribution in [3.05, 3.63) is 71.7 Å². The smallest absolute Gasteiger partial charge is 0.313 e. The molecule has 33 heavy (non-hydrogen) atoms. The first-order valence-electron chi connectivity index (χ1n) is 10.6. The van der Waals surface area contributed by atoms with Crippen molar-refractivity contribution in [1.29, 1.82) is 0 Å². The van der Waals surface area contributed by atoms with E-state index in [1.54, 1.807) is 12.1 Å². The molecule has 1 aromatic heterocycles. The van der Waals surface area contributed by atoms with Gasteiger partial charge in [0.15, 0.2) is 0 Å². The van der Waals surface area contributed by atoms with Crippen LogP contribution < -0.4 is 10.3 Å². The molecule has 0 saturated heterocycles. The van der Waals surface area contributed by atoms with E-state index in [4.69, 9.17) is 16.3 Å². The highest BCUT2D eigenvalue weighted by atomic mass is 79.9. The summed E-state index contributed by atoms with van der Waals surface area (Å²) in [6.45, 7) is 5.78. The minimum atomic E-state index is -0.547. The van der Waals surface area contributed by atoms with E-state index < -0.39 is 4.92 Å². The Kier molecular flexibility index (Phi) is 8.20. The largest absolute Gasteiger partial charge is 0.483 e. The summed E-state index contributed by atoms with van der Waals surface area (Å²) < 4.78 is 7.83. The zero-order chi connectivity index (χ0) is 24.1. The molecule has 3 rings (SSSR count). The first kappa shape index (κ1) is 24.9. The number of ether oxygens (including phenoxy) is 1. The molecule has 0 spiro atoms. The van der Waals surface area contributed by atoms with Crippen molar-refractivity contribution >= 4 is 50.3 Å². The summed E-state index contributed by atoms with van der Waals surface area (Å²) >= 11 is 9.52. The number of nitro benzene ring substituents is 1. The van der Waals surface area contributed by atoms with Gasteiger partial charge in [0.25, 0.3) is 5.56 Å². The van der Waals surface area contributed by atoms with Gasteiger partial charge in [0.1, 0.15) is 5.82 Å². The number of unbranched alkanes of at least 4 members (excludes halogenated alkanes) is 1. The Balaban J connectivity index is 2.19. The fourth-order valence-electron chi connectivity index (χ4n) is 3.17. The molecule has 8 nitrogen and oxygen atoms in total. The zero-order valence-electron chi connectivity index (χ0n) is 18.5. The third-order valence-electron chi connectivity index (χ3n) is 5.10. The first-order valence-corrected chi connectivity index (χ1v) is 11.8. The SMILES string of the molecule is CCCCc1nc2ccc(Br)cc2c(=O)n1N=Cc1cc(Cl)cc([N+](=O)[O-])c1O[C@H](C)CC. The second kappa shape index (κ2) is 10.9. The maximum absolute atomic E-state index is 13.3. The van der Waals surface area contributed by atoms with Crippen molar-refractivity contribution in [2.24, 2.45) is 5.10 Å². The lowest BCUT2D eigenvalue weighted by molar-refractivity contribution is -0.386. The van der Waals surface area contributed by atoms with E-state index >= 15 is 0 Å². The molecular formula is C23H24BrClN4O4. The van der Waals surface area contributed by atoms with Crippen LogP contribution in [0.25, 0.3) is 10.9 Å². The average Bonchev–Trinajstić information content (AvgIpc) is 2.78. The van der Waals surface area contributed by atoms with Crippen LogP contribution in [0.2, 0.25) is 5.02 Å². The van der Waals surface area contributed by atoms with Crippen molar-refractivity contribution in [1.82, 2.24) is 9.66 Å². The minimum Gasteiger partial charge on any atom is -0.483 e. The fourth-order valence-corrected chi connectivity index (χ4v) is 3.76. The number of nitrogens with zero attached hydrogens (tertiary/aromatic N) is 4. The van der Waals surface area contributed by atoms with Gasteiger partial charge in [-0.15, -0.1) is 0 Å². The Morgan fingerprint density at radius 1 is 1.33 bits per heavy atom. The number of halogens is 2. The molecule has 0 bridgehead atoms. The van der Waals surface area contributed by atoms with Gasteiger partial charge in [0.2, 0.25) is 5.75 Å². The lowest BCUT2D eigenvalue weighted by atomic mass is 10.1. The molecule has 0 unspecified atom stereocenters. The number of aromatic nitrogens is 2. The summed E-state index contributed by atoms with van der Waals surface area (Å²) in [4.78, 5) is 29.0. The lowest BCUT2D eigenvalue weighted by Crippen LogP contribution is -2.22. The summed E-state index contributed by atoms with van der Waals surface area (Å²) in [6.07, 6.45) is 4.06. The zero-order valence-corrected chi connectivity index (χ0v) is 20.9. The second-order valence-electron chi connectivity index (χ2n) is 7.59. The predicted octanol–water partition coefficient (Wildman–Crippen LogP) is 6.12. The normalized spacial score (nSPS) is 12.4. The number of benzene rings is 2. The molecule has 3 aromatic rings. The van der Waals surface area contributed by atoms with Crippen LogP contribution in [0, 0.1) is 10.1 Å². The number of hydrogen-bond donors (Lipinski definition) is 0. The average molecular weight is 536 g/mol. The number of hydrogen-bond acceptors (Lipinski definition) is 6. The molecule has 174 valence electrons. The number of nitro groups is 1. The monoisotopic (exact) mass is 534 g/mol. The van der Waals surface area contributed by atoms with Gasteiger partial charge in [-0.1, -0.05) is 47.8 Å². The maximum Gasteiger partial charge on any atom is 0.313 e. The molecule has 0 aliphatic rings. The van der Waals surface area contributed by atoms with Gasteiger partial charge < -0.3 is 4.74 Å². The Morgan fingerprint density at radius 2 is 2.09 bits per heavy atom. The van der Waals surface area contributed by atoms with E-state index in [1.165, 1.54) is 23.0 Å². The highest BCUT2D eigenvalue weighted by Gasteiger charge is 2.22. The van der Waals surface area contributed by atoms with Gasteiger partial charge in [-0.3, -0.25) is 14.9 Å². The van der Waals surface area contributed by atoms with Crippen LogP contribution in [0.3, 0.4) is 0 Å². The lowest BCUT2D eigenvalue weighted by Gasteiger charge is -2.15. The van der Waals surface area contributed by atoms with Crippen LogP contribution in [0.1, 0.15) is 51.4 Å². The molecule has 1 heterocycles. The van der Waals surface area contributed by atoms with Gasteiger partial charge in [-0.25, -0.2) is 4.98 Å². The molecule has 0 radical (unpaired) electrons. The number of fused-ring (bicyclic) bond motifs is 1. The summed E-state index contributed by atoms with van der Waals surface area (Å²) in [5.41, 5.74) is 0.296. The molecule has 0 N–H and O–H groups in total. The van der Waals surface area contributed by atoms with Gasteiger partial charge in [-0.2, -0.15) is 9.78 Å². The van der Waals surface area contributed by atoms with Crippen LogP contribution >= 0.6 is 27.5 Å². The Hall–Kier alpha value is -2.78. The first-order chi connectivity index (χ1) is 15.7. The van der Waals surface area contributed by atoms with Crippen molar-refractivity contribution in [3.63, 3.8) is 0 Å². The molecule has 10 heteroatoms. The third kappa shape index (κ3) is 5.78. The maximum atomic E-state index is 13.3. The van der Waals surface area contributed by atoms with Gasteiger partial charge in [0.05, 0.1) is 28.1 Å². The molecule has 1 atom stereocenters. The highest BCUT2D eigenvalue weighted by Crippen LogP contribution is 2.34. The van der Waals surface area contributed by atoms with Crippen molar-refractivity contribution in [2.75, 3.05) is 0 Å². The van der Waals surface area contributed by atoms with E-state index in [9.17, 15) is 14.9 Å². The van der Waals surface area contributed by atoms with Crippen LogP contribution in [0.5, 0.6) is 5.75 Å². The summed E-state index contributed by atoms with van der Waals surface area (Å²) in [6, 6.07) is 8.07. The van der Waals surface area contributed by atoms with Gasteiger partial charge in [0, 0.05) is 27.5 Å². The molecular weight excluding hydrogens is 512 g/mol. The summed E-state index contributed by atoms with van der Waals surface area (Å²) in [7, 11) is 0. The Morgan fingerprint density at radius 3 is 2.76 bits per heavy atom. The number of rotatable bonds is 9. The molecule has 0 fully saturated rings.